The molecule has 0 aliphatic carbocycles. The molecule has 1 aromatic rings. The van der Waals surface area contributed by atoms with Crippen LogP contribution in [0.1, 0.15) is 25.8 Å². The fourth-order valence-electron chi connectivity index (χ4n) is 1.68. The average molecular weight is 344 g/mol. The van der Waals surface area contributed by atoms with Gasteiger partial charge in [0.2, 0.25) is 5.91 Å². The second-order valence-corrected chi connectivity index (χ2v) is 5.63. The SMILES string of the molecule is CCC(C)[C@H](N)C(=O)Nc1cc([N+](=O)[O-])c(C)cc1Br. The van der Waals surface area contributed by atoms with Gasteiger partial charge in [0, 0.05) is 16.1 Å². The lowest BCUT2D eigenvalue weighted by Crippen LogP contribution is -2.40. The number of carbonyl (C=O) groups excluding carboxylic acids is 1. The number of amides is 1. The lowest BCUT2D eigenvalue weighted by molar-refractivity contribution is -0.385. The molecular weight excluding hydrogens is 326 g/mol. The third kappa shape index (κ3) is 3.77. The van der Waals surface area contributed by atoms with E-state index < -0.39 is 11.0 Å². The first kappa shape index (κ1) is 16.6. The van der Waals surface area contributed by atoms with Gasteiger partial charge in [0.25, 0.3) is 5.69 Å². The molecule has 0 radical (unpaired) electrons. The zero-order chi connectivity index (χ0) is 15.4. The fraction of sp³-hybridized carbons (Fsp3) is 0.462. The fourth-order valence-corrected chi connectivity index (χ4v) is 2.24. The molecule has 0 aromatic heterocycles. The predicted octanol–water partition coefficient (Wildman–Crippen LogP) is 2.98. The summed E-state index contributed by atoms with van der Waals surface area (Å²) in [5.74, 6) is -0.313. The molecule has 1 unspecified atom stereocenters. The number of nitro groups is 1. The van der Waals surface area contributed by atoms with Gasteiger partial charge < -0.3 is 11.1 Å². The van der Waals surface area contributed by atoms with Crippen molar-refractivity contribution in [2.24, 2.45) is 11.7 Å². The van der Waals surface area contributed by atoms with Gasteiger partial charge >= 0.3 is 0 Å². The van der Waals surface area contributed by atoms with Crippen molar-refractivity contribution in [1.82, 2.24) is 0 Å². The highest BCUT2D eigenvalue weighted by atomic mass is 79.9. The van der Waals surface area contributed by atoms with Crippen molar-refractivity contribution in [3.8, 4) is 0 Å². The largest absolute Gasteiger partial charge is 0.323 e. The maximum absolute atomic E-state index is 12.0. The first-order valence-electron chi connectivity index (χ1n) is 6.28. The number of rotatable bonds is 5. The molecular formula is C13H18BrN3O3. The third-order valence-corrected chi connectivity index (χ3v) is 3.96. The third-order valence-electron chi connectivity index (χ3n) is 3.30. The standard InChI is InChI=1S/C13H18BrN3O3/c1-4-7(2)12(15)13(18)16-10-6-11(17(19)20)8(3)5-9(10)14/h5-7,12H,4,15H2,1-3H3,(H,16,18)/t7?,12-/m0/s1. The van der Waals surface area contributed by atoms with E-state index in [1.807, 2.05) is 13.8 Å². The number of halogens is 1. The number of nitrogens with two attached hydrogens (primary N) is 1. The molecule has 6 nitrogen and oxygen atoms in total. The van der Waals surface area contributed by atoms with Gasteiger partial charge in [-0.15, -0.1) is 0 Å². The van der Waals surface area contributed by atoms with E-state index in [1.165, 1.54) is 6.07 Å². The zero-order valence-electron chi connectivity index (χ0n) is 11.6. The summed E-state index contributed by atoms with van der Waals surface area (Å²) >= 11 is 3.28. The van der Waals surface area contributed by atoms with Gasteiger partial charge in [-0.2, -0.15) is 0 Å². The average Bonchev–Trinajstić information content (AvgIpc) is 2.39. The number of anilines is 1. The number of nitrogens with one attached hydrogen (secondary N) is 1. The quantitative estimate of drug-likeness (QED) is 0.634. The van der Waals surface area contributed by atoms with E-state index in [2.05, 4.69) is 21.2 Å². The zero-order valence-corrected chi connectivity index (χ0v) is 13.2. The molecule has 0 saturated heterocycles. The summed E-state index contributed by atoms with van der Waals surface area (Å²) in [6.07, 6.45) is 0.782. The summed E-state index contributed by atoms with van der Waals surface area (Å²) < 4.78 is 0.588. The van der Waals surface area contributed by atoms with E-state index in [0.717, 1.165) is 6.42 Å². The maximum Gasteiger partial charge on any atom is 0.274 e. The van der Waals surface area contributed by atoms with Crippen molar-refractivity contribution in [2.45, 2.75) is 33.2 Å². The molecule has 7 heteroatoms. The Kier molecular flexibility index (Phi) is 5.64. The molecule has 1 rings (SSSR count). The van der Waals surface area contributed by atoms with E-state index in [-0.39, 0.29) is 17.5 Å². The Bertz CT molecular complexity index is 534. The minimum absolute atomic E-state index is 0.0363. The van der Waals surface area contributed by atoms with Crippen molar-refractivity contribution in [2.75, 3.05) is 5.32 Å². The van der Waals surface area contributed by atoms with Crippen LogP contribution in [0.5, 0.6) is 0 Å². The molecule has 0 aliphatic rings. The first-order valence-corrected chi connectivity index (χ1v) is 7.08. The van der Waals surface area contributed by atoms with Crippen LogP contribution in [-0.2, 0) is 4.79 Å². The molecule has 2 atom stereocenters. The van der Waals surface area contributed by atoms with Crippen molar-refractivity contribution >= 4 is 33.2 Å². The van der Waals surface area contributed by atoms with Crippen LogP contribution in [0.4, 0.5) is 11.4 Å². The molecule has 20 heavy (non-hydrogen) atoms. The molecule has 0 fully saturated rings. The van der Waals surface area contributed by atoms with Crippen LogP contribution in [-0.4, -0.2) is 16.9 Å². The summed E-state index contributed by atoms with van der Waals surface area (Å²) in [7, 11) is 0. The molecule has 0 spiro atoms. The molecule has 110 valence electrons. The van der Waals surface area contributed by atoms with Crippen LogP contribution in [0.25, 0.3) is 0 Å². The van der Waals surface area contributed by atoms with Gasteiger partial charge in [-0.25, -0.2) is 0 Å². The Morgan fingerprint density at radius 1 is 1.55 bits per heavy atom. The topological polar surface area (TPSA) is 98.3 Å². The molecule has 0 bridgehead atoms. The number of hydrogen-bond donors (Lipinski definition) is 2. The Balaban J connectivity index is 3.01. The number of nitrogens with zero attached hydrogens (tertiary/aromatic N) is 1. The number of hydrogen-bond acceptors (Lipinski definition) is 4. The number of aryl methyl sites for hydroxylation is 1. The summed E-state index contributed by atoms with van der Waals surface area (Å²) in [5.41, 5.74) is 6.67. The van der Waals surface area contributed by atoms with E-state index in [4.69, 9.17) is 5.73 Å². The van der Waals surface area contributed by atoms with Gasteiger partial charge in [0.1, 0.15) is 0 Å². The molecule has 0 heterocycles. The van der Waals surface area contributed by atoms with Gasteiger partial charge in [-0.3, -0.25) is 14.9 Å². The number of benzene rings is 1. The van der Waals surface area contributed by atoms with Crippen molar-refractivity contribution in [1.29, 1.82) is 0 Å². The van der Waals surface area contributed by atoms with Crippen LogP contribution in [0.15, 0.2) is 16.6 Å². The number of carbonyl (C=O) groups is 1. The van der Waals surface area contributed by atoms with Crippen LogP contribution in [0.3, 0.4) is 0 Å². The lowest BCUT2D eigenvalue weighted by atomic mass is 9.99. The monoisotopic (exact) mass is 343 g/mol. The summed E-state index contributed by atoms with van der Waals surface area (Å²) in [6, 6.07) is 2.29. The van der Waals surface area contributed by atoms with Gasteiger partial charge in [-0.1, -0.05) is 20.3 Å². The van der Waals surface area contributed by atoms with E-state index in [9.17, 15) is 14.9 Å². The second kappa shape index (κ2) is 6.81. The van der Waals surface area contributed by atoms with Gasteiger partial charge in [0.15, 0.2) is 0 Å². The highest BCUT2D eigenvalue weighted by Gasteiger charge is 2.22. The highest BCUT2D eigenvalue weighted by Crippen LogP contribution is 2.30. The Hall–Kier alpha value is -1.47. The summed E-state index contributed by atoms with van der Waals surface area (Å²) in [4.78, 5) is 22.4. The molecule has 1 amide bonds. The van der Waals surface area contributed by atoms with Crippen LogP contribution in [0, 0.1) is 23.0 Å². The normalized spacial score (nSPS) is 13.7. The summed E-state index contributed by atoms with van der Waals surface area (Å²) in [6.45, 7) is 5.47. The van der Waals surface area contributed by atoms with Crippen molar-refractivity contribution in [3.63, 3.8) is 0 Å². The van der Waals surface area contributed by atoms with Crippen LogP contribution >= 0.6 is 15.9 Å². The van der Waals surface area contributed by atoms with E-state index in [0.29, 0.717) is 15.7 Å². The maximum atomic E-state index is 12.0. The first-order chi connectivity index (χ1) is 9.27. The van der Waals surface area contributed by atoms with Crippen LogP contribution in [0.2, 0.25) is 0 Å². The molecule has 3 N–H and O–H groups in total. The molecule has 0 saturated carbocycles. The van der Waals surface area contributed by atoms with E-state index >= 15 is 0 Å². The highest BCUT2D eigenvalue weighted by molar-refractivity contribution is 9.10. The Morgan fingerprint density at radius 3 is 2.65 bits per heavy atom. The Labute approximate surface area is 126 Å². The van der Waals surface area contributed by atoms with Gasteiger partial charge in [-0.05, 0) is 34.8 Å². The van der Waals surface area contributed by atoms with Crippen molar-refractivity contribution < 1.29 is 9.72 Å². The second-order valence-electron chi connectivity index (χ2n) is 4.78. The smallest absolute Gasteiger partial charge is 0.274 e. The summed E-state index contributed by atoms with van der Waals surface area (Å²) in [5, 5.41) is 13.5. The van der Waals surface area contributed by atoms with Crippen LogP contribution < -0.4 is 11.1 Å². The predicted molar refractivity (Wildman–Crippen MR) is 81.6 cm³/mol. The molecule has 1 aromatic carbocycles. The van der Waals surface area contributed by atoms with Gasteiger partial charge in [0.05, 0.1) is 16.7 Å². The van der Waals surface area contributed by atoms with Crippen molar-refractivity contribution in [3.05, 3.63) is 32.3 Å². The minimum Gasteiger partial charge on any atom is -0.323 e. The Morgan fingerprint density at radius 2 is 2.15 bits per heavy atom. The van der Waals surface area contributed by atoms with E-state index in [1.54, 1.807) is 13.0 Å². The number of nitro benzene ring substituents is 1. The molecule has 0 aliphatic heterocycles. The lowest BCUT2D eigenvalue weighted by Gasteiger charge is -2.18. The minimum atomic E-state index is -0.646.